The molecule has 0 radical (unpaired) electrons. The van der Waals surface area contributed by atoms with E-state index in [0.29, 0.717) is 45.1 Å². The van der Waals surface area contributed by atoms with Gasteiger partial charge in [0.15, 0.2) is 16.6 Å². The molecule has 1 aliphatic rings. The molecule has 0 bridgehead atoms. The second kappa shape index (κ2) is 9.57. The van der Waals surface area contributed by atoms with E-state index in [9.17, 15) is 4.79 Å². The number of hydrogen-bond acceptors (Lipinski definition) is 6. The molecule has 8 nitrogen and oxygen atoms in total. The van der Waals surface area contributed by atoms with Gasteiger partial charge in [0.1, 0.15) is 5.75 Å². The smallest absolute Gasteiger partial charge is 0.255 e. The highest BCUT2D eigenvalue weighted by atomic mass is 32.1. The molecule has 0 spiro atoms. The number of rotatable bonds is 7. The highest BCUT2D eigenvalue weighted by Crippen LogP contribution is 2.41. The molecule has 0 aromatic heterocycles. The van der Waals surface area contributed by atoms with Crippen LogP contribution in [0.15, 0.2) is 47.7 Å². The normalized spacial score (nSPS) is 15.5. The fraction of sp³-hybridized carbons (Fsp3) is 0.273. The van der Waals surface area contributed by atoms with Crippen LogP contribution in [0.2, 0.25) is 0 Å². The van der Waals surface area contributed by atoms with Crippen LogP contribution in [0, 0.1) is 0 Å². The van der Waals surface area contributed by atoms with Crippen molar-refractivity contribution in [1.82, 2.24) is 10.6 Å². The molecule has 31 heavy (non-hydrogen) atoms. The summed E-state index contributed by atoms with van der Waals surface area (Å²) in [7, 11) is 6.17. The maximum atomic E-state index is 13.3. The number of anilines is 1. The summed E-state index contributed by atoms with van der Waals surface area (Å²) in [5.41, 5.74) is 2.39. The lowest BCUT2D eigenvalue weighted by Gasteiger charge is -2.31. The van der Waals surface area contributed by atoms with Gasteiger partial charge in [-0.05, 0) is 49.0 Å². The summed E-state index contributed by atoms with van der Waals surface area (Å²) < 4.78 is 21.7. The summed E-state index contributed by atoms with van der Waals surface area (Å²) in [4.78, 5) is 13.3. The van der Waals surface area contributed by atoms with Gasteiger partial charge in [0, 0.05) is 5.70 Å². The summed E-state index contributed by atoms with van der Waals surface area (Å²) in [5, 5.41) is 9.52. The number of methoxy groups -OCH3 is 4. The first-order valence-corrected chi connectivity index (χ1v) is 9.86. The van der Waals surface area contributed by atoms with Crippen LogP contribution in [-0.4, -0.2) is 39.5 Å². The second-order valence-electron chi connectivity index (χ2n) is 6.68. The molecule has 164 valence electrons. The number of carbonyl (C=O) groups is 1. The van der Waals surface area contributed by atoms with Crippen LogP contribution in [0.4, 0.5) is 5.69 Å². The lowest BCUT2D eigenvalue weighted by molar-refractivity contribution is -0.113. The predicted octanol–water partition coefficient (Wildman–Crippen LogP) is 3.15. The van der Waals surface area contributed by atoms with Crippen LogP contribution in [0.1, 0.15) is 18.5 Å². The summed E-state index contributed by atoms with van der Waals surface area (Å²) in [5.74, 6) is 1.68. The van der Waals surface area contributed by atoms with Crippen LogP contribution in [-0.2, 0) is 4.79 Å². The van der Waals surface area contributed by atoms with E-state index in [1.807, 2.05) is 12.1 Å². The average molecular weight is 444 g/mol. The third-order valence-electron chi connectivity index (χ3n) is 4.89. The molecule has 1 heterocycles. The van der Waals surface area contributed by atoms with Gasteiger partial charge in [0.25, 0.3) is 5.91 Å². The van der Waals surface area contributed by atoms with Crippen molar-refractivity contribution < 1.29 is 23.7 Å². The van der Waals surface area contributed by atoms with Crippen LogP contribution in [0.3, 0.4) is 0 Å². The Morgan fingerprint density at radius 2 is 1.58 bits per heavy atom. The monoisotopic (exact) mass is 443 g/mol. The average Bonchev–Trinajstić information content (AvgIpc) is 2.77. The number of allylic oxidation sites excluding steroid dienone is 1. The number of para-hydroxylation sites is 2. The number of benzene rings is 2. The standard InChI is InChI=1S/C22H25N3O5S/c1-12-18(21(26)24-14-8-6-7-9-15(14)27-2)19(25-22(31)23-12)13-10-16(28-3)20(30-5)17(11-13)29-4/h6-11,19H,1-5H3,(H,24,26)(H2,23,25,31)/t19-/m1/s1. The molecule has 1 aliphatic heterocycles. The van der Waals surface area contributed by atoms with Gasteiger partial charge in [-0.1, -0.05) is 12.1 Å². The van der Waals surface area contributed by atoms with Gasteiger partial charge in [-0.2, -0.15) is 0 Å². The maximum Gasteiger partial charge on any atom is 0.255 e. The number of carbonyl (C=O) groups excluding carboxylic acids is 1. The molecule has 0 unspecified atom stereocenters. The van der Waals surface area contributed by atoms with Gasteiger partial charge >= 0.3 is 0 Å². The van der Waals surface area contributed by atoms with Crippen molar-refractivity contribution in [1.29, 1.82) is 0 Å². The minimum Gasteiger partial charge on any atom is -0.495 e. The van der Waals surface area contributed by atoms with Gasteiger partial charge < -0.3 is 34.9 Å². The van der Waals surface area contributed by atoms with Gasteiger partial charge in [0.2, 0.25) is 5.75 Å². The van der Waals surface area contributed by atoms with Crippen molar-refractivity contribution >= 4 is 28.9 Å². The minimum atomic E-state index is -0.544. The molecule has 2 aromatic carbocycles. The van der Waals surface area contributed by atoms with E-state index in [1.54, 1.807) is 38.3 Å². The first kappa shape index (κ1) is 22.2. The van der Waals surface area contributed by atoms with E-state index >= 15 is 0 Å². The summed E-state index contributed by atoms with van der Waals surface area (Å²) in [6, 6.07) is 10.2. The third kappa shape index (κ3) is 4.51. The van der Waals surface area contributed by atoms with Gasteiger partial charge in [-0.25, -0.2) is 0 Å². The molecule has 1 amide bonds. The van der Waals surface area contributed by atoms with E-state index in [0.717, 1.165) is 5.56 Å². The first-order chi connectivity index (χ1) is 14.9. The fourth-order valence-electron chi connectivity index (χ4n) is 3.45. The number of amides is 1. The Labute approximate surface area is 186 Å². The molecule has 0 saturated carbocycles. The van der Waals surface area contributed by atoms with Gasteiger partial charge in [-0.3, -0.25) is 4.79 Å². The quantitative estimate of drug-likeness (QED) is 0.563. The highest BCUT2D eigenvalue weighted by Gasteiger charge is 2.32. The Hall–Kier alpha value is -3.46. The molecule has 3 rings (SSSR count). The number of hydrogen-bond donors (Lipinski definition) is 3. The SMILES string of the molecule is COc1ccccc1NC(=O)C1=C(C)NC(=S)N[C@@H]1c1cc(OC)c(OC)c(OC)c1. The molecule has 0 fully saturated rings. The van der Waals surface area contributed by atoms with Crippen LogP contribution in [0.25, 0.3) is 0 Å². The lowest BCUT2D eigenvalue weighted by atomic mass is 9.94. The second-order valence-corrected chi connectivity index (χ2v) is 7.09. The number of nitrogens with one attached hydrogen (secondary N) is 3. The molecular weight excluding hydrogens is 418 g/mol. The lowest BCUT2D eigenvalue weighted by Crippen LogP contribution is -2.45. The van der Waals surface area contributed by atoms with Crippen LogP contribution in [0.5, 0.6) is 23.0 Å². The Morgan fingerprint density at radius 1 is 0.968 bits per heavy atom. The Balaban J connectivity index is 2.05. The van der Waals surface area contributed by atoms with Crippen molar-refractivity contribution in [3.05, 3.63) is 53.2 Å². The molecule has 0 aliphatic carbocycles. The van der Waals surface area contributed by atoms with Crippen LogP contribution >= 0.6 is 12.2 Å². The Bertz CT molecular complexity index is 1010. The van der Waals surface area contributed by atoms with Crippen molar-refractivity contribution in [2.24, 2.45) is 0 Å². The minimum absolute atomic E-state index is 0.303. The molecule has 3 N–H and O–H groups in total. The Morgan fingerprint density at radius 3 is 2.16 bits per heavy atom. The summed E-state index contributed by atoms with van der Waals surface area (Å²) in [6.07, 6.45) is 0. The van der Waals surface area contributed by atoms with E-state index in [1.165, 1.54) is 21.3 Å². The summed E-state index contributed by atoms with van der Waals surface area (Å²) >= 11 is 5.34. The predicted molar refractivity (Wildman–Crippen MR) is 122 cm³/mol. The molecule has 1 atom stereocenters. The molecular formula is C22H25N3O5S. The zero-order valence-electron chi connectivity index (χ0n) is 18.0. The number of ether oxygens (including phenoxy) is 4. The maximum absolute atomic E-state index is 13.3. The third-order valence-corrected chi connectivity index (χ3v) is 5.11. The zero-order valence-corrected chi connectivity index (χ0v) is 18.8. The molecule has 2 aromatic rings. The van der Waals surface area contributed by atoms with E-state index in [2.05, 4.69) is 16.0 Å². The molecule has 0 saturated heterocycles. The zero-order chi connectivity index (χ0) is 22.5. The summed E-state index contributed by atoms with van der Waals surface area (Å²) in [6.45, 7) is 1.80. The van der Waals surface area contributed by atoms with Crippen molar-refractivity contribution in [2.45, 2.75) is 13.0 Å². The van der Waals surface area contributed by atoms with E-state index in [4.69, 9.17) is 31.2 Å². The van der Waals surface area contributed by atoms with Crippen molar-refractivity contribution in [3.8, 4) is 23.0 Å². The van der Waals surface area contributed by atoms with Crippen molar-refractivity contribution in [2.75, 3.05) is 33.8 Å². The van der Waals surface area contributed by atoms with Crippen LogP contribution < -0.4 is 34.9 Å². The Kier molecular flexibility index (Phi) is 6.86. The van der Waals surface area contributed by atoms with Gasteiger partial charge in [0.05, 0.1) is 45.7 Å². The molecule has 9 heteroatoms. The fourth-order valence-corrected chi connectivity index (χ4v) is 3.72. The van der Waals surface area contributed by atoms with Crippen molar-refractivity contribution in [3.63, 3.8) is 0 Å². The first-order valence-electron chi connectivity index (χ1n) is 9.46. The van der Waals surface area contributed by atoms with E-state index < -0.39 is 6.04 Å². The largest absolute Gasteiger partial charge is 0.495 e. The number of thiocarbonyl (C=S) groups is 1. The topological polar surface area (TPSA) is 90.1 Å². The van der Waals surface area contributed by atoms with Gasteiger partial charge in [-0.15, -0.1) is 0 Å². The van der Waals surface area contributed by atoms with E-state index in [-0.39, 0.29) is 5.91 Å². The highest BCUT2D eigenvalue weighted by molar-refractivity contribution is 7.80.